The van der Waals surface area contributed by atoms with Crippen molar-refractivity contribution in [2.75, 3.05) is 0 Å². The van der Waals surface area contributed by atoms with Gasteiger partial charge < -0.3 is 10.8 Å². The van der Waals surface area contributed by atoms with Gasteiger partial charge in [-0.3, -0.25) is 0 Å². The first-order chi connectivity index (χ1) is 8.70. The van der Waals surface area contributed by atoms with Crippen molar-refractivity contribution in [3.8, 4) is 0 Å². The van der Waals surface area contributed by atoms with Crippen LogP contribution in [0.15, 0.2) is 60.7 Å². The molecule has 0 saturated heterocycles. The molecule has 18 heavy (non-hydrogen) atoms. The Bertz CT molecular complexity index is 574. The van der Waals surface area contributed by atoms with Gasteiger partial charge in [0, 0.05) is 0 Å². The average Bonchev–Trinajstić information content (AvgIpc) is 2.40. The highest BCUT2D eigenvalue weighted by Crippen LogP contribution is 2.22. The second kappa shape index (κ2) is 5.19. The quantitative estimate of drug-likeness (QED) is 0.639. The molecule has 0 atom stereocenters. The molecule has 0 fully saturated rings. The highest BCUT2D eigenvalue weighted by molar-refractivity contribution is 6.23. The smallest absolute Gasteiger partial charge is 0.338 e. The first-order valence-corrected chi connectivity index (χ1v) is 5.54. The van der Waals surface area contributed by atoms with Crippen molar-refractivity contribution >= 4 is 17.2 Å². The Morgan fingerprint density at radius 1 is 0.833 bits per heavy atom. The molecule has 0 aliphatic carbocycles. The molecule has 0 heterocycles. The summed E-state index contributed by atoms with van der Waals surface area (Å²) >= 11 is 0. The van der Waals surface area contributed by atoms with Crippen LogP contribution in [0, 0.1) is 0 Å². The lowest BCUT2D eigenvalue weighted by molar-refractivity contribution is -0.130. The minimum atomic E-state index is -1.03. The van der Waals surface area contributed by atoms with Gasteiger partial charge in [0.1, 0.15) is 0 Å². The highest BCUT2D eigenvalue weighted by Gasteiger charge is 2.15. The van der Waals surface area contributed by atoms with Crippen molar-refractivity contribution in [2.45, 2.75) is 0 Å². The van der Waals surface area contributed by atoms with Crippen molar-refractivity contribution in [3.05, 3.63) is 71.8 Å². The largest absolute Gasteiger partial charge is 0.478 e. The Morgan fingerprint density at radius 2 is 1.28 bits per heavy atom. The molecule has 3 nitrogen and oxygen atoms in total. The van der Waals surface area contributed by atoms with Gasteiger partial charge in [-0.05, 0) is 11.1 Å². The maximum Gasteiger partial charge on any atom is 0.338 e. The summed E-state index contributed by atoms with van der Waals surface area (Å²) in [6.07, 6.45) is 0. The molecule has 2 aromatic rings. The number of benzene rings is 2. The van der Waals surface area contributed by atoms with E-state index in [4.69, 9.17) is 5.73 Å². The van der Waals surface area contributed by atoms with Crippen molar-refractivity contribution < 1.29 is 9.90 Å². The Labute approximate surface area is 105 Å². The van der Waals surface area contributed by atoms with Gasteiger partial charge in [-0.1, -0.05) is 60.7 Å². The van der Waals surface area contributed by atoms with Crippen LogP contribution in [0.25, 0.3) is 11.3 Å². The maximum absolute atomic E-state index is 11.4. The van der Waals surface area contributed by atoms with E-state index in [1.807, 2.05) is 24.3 Å². The molecule has 2 aromatic carbocycles. The van der Waals surface area contributed by atoms with E-state index in [2.05, 4.69) is 0 Å². The molecule has 90 valence electrons. The molecule has 0 unspecified atom stereocenters. The number of hydrogen-bond acceptors (Lipinski definition) is 2. The van der Waals surface area contributed by atoms with Crippen molar-refractivity contribution in [1.82, 2.24) is 0 Å². The number of carboxylic acids is 1. The number of nitrogens with two attached hydrogens (primary N) is 1. The number of carboxylic acid groups (broad SMARTS) is 1. The summed E-state index contributed by atoms with van der Waals surface area (Å²) in [5.41, 5.74) is 7.68. The standard InChI is InChI=1S/C15H13NO2/c16-14(12-9-5-2-6-10-12)13(15(17)18)11-7-3-1-4-8-11/h1-10H,16H2,(H,17,18). The van der Waals surface area contributed by atoms with E-state index in [1.54, 1.807) is 36.4 Å². The Morgan fingerprint density at radius 3 is 1.72 bits per heavy atom. The fourth-order valence-electron chi connectivity index (χ4n) is 1.76. The highest BCUT2D eigenvalue weighted by atomic mass is 16.4. The molecule has 0 radical (unpaired) electrons. The fraction of sp³-hybridized carbons (Fsp3) is 0. The summed E-state index contributed by atoms with van der Waals surface area (Å²) in [4.78, 5) is 11.4. The van der Waals surface area contributed by atoms with Gasteiger partial charge in [-0.15, -0.1) is 0 Å². The van der Waals surface area contributed by atoms with Crippen molar-refractivity contribution in [1.29, 1.82) is 0 Å². The Hall–Kier alpha value is -2.55. The zero-order valence-corrected chi connectivity index (χ0v) is 9.71. The molecule has 0 spiro atoms. The Kier molecular flexibility index (Phi) is 3.44. The fourth-order valence-corrected chi connectivity index (χ4v) is 1.76. The molecule has 0 aliphatic heterocycles. The summed E-state index contributed by atoms with van der Waals surface area (Å²) in [6.45, 7) is 0. The van der Waals surface area contributed by atoms with Gasteiger partial charge in [0.25, 0.3) is 0 Å². The second-order valence-electron chi connectivity index (χ2n) is 3.83. The van der Waals surface area contributed by atoms with E-state index in [0.717, 1.165) is 0 Å². The molecule has 0 bridgehead atoms. The van der Waals surface area contributed by atoms with Crippen LogP contribution >= 0.6 is 0 Å². The minimum absolute atomic E-state index is 0.127. The lowest BCUT2D eigenvalue weighted by atomic mass is 10.00. The van der Waals surface area contributed by atoms with E-state index in [0.29, 0.717) is 11.1 Å². The van der Waals surface area contributed by atoms with E-state index in [9.17, 15) is 9.90 Å². The minimum Gasteiger partial charge on any atom is -0.478 e. The van der Waals surface area contributed by atoms with E-state index in [-0.39, 0.29) is 11.3 Å². The van der Waals surface area contributed by atoms with Crippen LogP contribution in [-0.4, -0.2) is 11.1 Å². The van der Waals surface area contributed by atoms with Gasteiger partial charge in [0.15, 0.2) is 0 Å². The molecule has 3 N–H and O–H groups in total. The van der Waals surface area contributed by atoms with Crippen LogP contribution in [0.2, 0.25) is 0 Å². The van der Waals surface area contributed by atoms with Crippen LogP contribution in [0.3, 0.4) is 0 Å². The van der Waals surface area contributed by atoms with Crippen molar-refractivity contribution in [3.63, 3.8) is 0 Å². The summed E-state index contributed by atoms with van der Waals surface area (Å²) in [5.74, 6) is -1.03. The van der Waals surface area contributed by atoms with Crippen LogP contribution < -0.4 is 5.73 Å². The number of aliphatic carboxylic acids is 1. The zero-order valence-electron chi connectivity index (χ0n) is 9.71. The summed E-state index contributed by atoms with van der Waals surface area (Å²) in [7, 11) is 0. The summed E-state index contributed by atoms with van der Waals surface area (Å²) in [6, 6.07) is 18.0. The summed E-state index contributed by atoms with van der Waals surface area (Å²) in [5, 5.41) is 9.32. The molecule has 3 heteroatoms. The third kappa shape index (κ3) is 2.40. The van der Waals surface area contributed by atoms with E-state index in [1.165, 1.54) is 0 Å². The van der Waals surface area contributed by atoms with Gasteiger partial charge in [-0.25, -0.2) is 4.79 Å². The average molecular weight is 239 g/mol. The lowest BCUT2D eigenvalue weighted by Gasteiger charge is -2.08. The van der Waals surface area contributed by atoms with Crippen molar-refractivity contribution in [2.24, 2.45) is 5.73 Å². The molecule has 2 rings (SSSR count). The Balaban J connectivity index is 2.58. The first kappa shape index (κ1) is 11.9. The topological polar surface area (TPSA) is 63.3 Å². The molecule has 0 aliphatic rings. The van der Waals surface area contributed by atoms with E-state index >= 15 is 0 Å². The first-order valence-electron chi connectivity index (χ1n) is 5.54. The number of rotatable bonds is 3. The van der Waals surface area contributed by atoms with Gasteiger partial charge in [0.2, 0.25) is 0 Å². The van der Waals surface area contributed by atoms with Gasteiger partial charge >= 0.3 is 5.97 Å². The number of carbonyl (C=O) groups is 1. The summed E-state index contributed by atoms with van der Waals surface area (Å²) < 4.78 is 0. The SMILES string of the molecule is NC(=C(C(=O)O)c1ccccc1)c1ccccc1. The molecule has 0 amide bonds. The third-order valence-corrected chi connectivity index (χ3v) is 2.63. The van der Waals surface area contributed by atoms with Gasteiger partial charge in [0.05, 0.1) is 11.3 Å². The molecule has 0 aromatic heterocycles. The molecular formula is C15H13NO2. The van der Waals surface area contributed by atoms with Crippen LogP contribution in [0.5, 0.6) is 0 Å². The van der Waals surface area contributed by atoms with Crippen LogP contribution in [-0.2, 0) is 4.79 Å². The van der Waals surface area contributed by atoms with Gasteiger partial charge in [-0.2, -0.15) is 0 Å². The predicted octanol–water partition coefficient (Wildman–Crippen LogP) is 2.60. The lowest BCUT2D eigenvalue weighted by Crippen LogP contribution is -2.08. The van der Waals surface area contributed by atoms with Crippen LogP contribution in [0.4, 0.5) is 0 Å². The second-order valence-corrected chi connectivity index (χ2v) is 3.83. The zero-order chi connectivity index (χ0) is 13.0. The third-order valence-electron chi connectivity index (χ3n) is 2.63. The maximum atomic E-state index is 11.4. The monoisotopic (exact) mass is 239 g/mol. The van der Waals surface area contributed by atoms with Crippen LogP contribution in [0.1, 0.15) is 11.1 Å². The molecular weight excluding hydrogens is 226 g/mol. The van der Waals surface area contributed by atoms with E-state index < -0.39 is 5.97 Å². The molecule has 0 saturated carbocycles. The number of hydrogen-bond donors (Lipinski definition) is 2. The predicted molar refractivity (Wildman–Crippen MR) is 71.5 cm³/mol. The normalized spacial score (nSPS) is 11.8.